The minimum Gasteiger partial charge on any atom is -0.490 e. The van der Waals surface area contributed by atoms with E-state index in [-0.39, 0.29) is 6.04 Å². The predicted molar refractivity (Wildman–Crippen MR) is 77.5 cm³/mol. The van der Waals surface area contributed by atoms with Crippen LogP contribution >= 0.6 is 11.6 Å². The van der Waals surface area contributed by atoms with Gasteiger partial charge in [-0.25, -0.2) is 0 Å². The van der Waals surface area contributed by atoms with Crippen molar-refractivity contribution in [3.05, 3.63) is 22.7 Å². The Kier molecular flexibility index (Phi) is 4.34. The molecule has 0 bridgehead atoms. The first kappa shape index (κ1) is 14.0. The number of hydrogen-bond donors (Lipinski definition) is 1. The molecule has 0 radical (unpaired) electrons. The molecule has 2 aliphatic heterocycles. The van der Waals surface area contributed by atoms with E-state index in [1.165, 1.54) is 0 Å². The molecule has 2 N–H and O–H groups in total. The zero-order valence-electron chi connectivity index (χ0n) is 11.4. The molecule has 1 saturated heterocycles. The third-order valence-electron chi connectivity index (χ3n) is 4.00. The van der Waals surface area contributed by atoms with Gasteiger partial charge in [0.15, 0.2) is 11.5 Å². The summed E-state index contributed by atoms with van der Waals surface area (Å²) in [5.74, 6) is 1.88. The lowest BCUT2D eigenvalue weighted by molar-refractivity contribution is 0.0583. The van der Waals surface area contributed by atoms with Crippen molar-refractivity contribution in [3.63, 3.8) is 0 Å². The van der Waals surface area contributed by atoms with Crippen molar-refractivity contribution in [1.29, 1.82) is 0 Å². The monoisotopic (exact) mass is 297 g/mol. The molecule has 3 rings (SSSR count). The zero-order chi connectivity index (χ0) is 13.9. The quantitative estimate of drug-likeness (QED) is 0.912. The molecule has 1 aromatic rings. The Balaban J connectivity index is 1.86. The molecule has 110 valence electrons. The maximum absolute atomic E-state index is 6.41. The van der Waals surface area contributed by atoms with Gasteiger partial charge in [-0.1, -0.05) is 11.6 Å². The van der Waals surface area contributed by atoms with Crippen molar-refractivity contribution in [1.82, 2.24) is 0 Å². The maximum atomic E-state index is 6.41. The normalized spacial score (nSPS) is 21.3. The third-order valence-corrected chi connectivity index (χ3v) is 4.33. The summed E-state index contributed by atoms with van der Waals surface area (Å²) in [5.41, 5.74) is 7.35. The fourth-order valence-corrected chi connectivity index (χ4v) is 3.06. The summed E-state index contributed by atoms with van der Waals surface area (Å²) in [4.78, 5) is 0. The van der Waals surface area contributed by atoms with Crippen LogP contribution in [-0.4, -0.2) is 26.4 Å². The van der Waals surface area contributed by atoms with Gasteiger partial charge < -0.3 is 19.9 Å². The average molecular weight is 298 g/mol. The largest absolute Gasteiger partial charge is 0.490 e. The molecule has 2 heterocycles. The lowest BCUT2D eigenvalue weighted by atomic mass is 9.87. The van der Waals surface area contributed by atoms with Gasteiger partial charge in [0.2, 0.25) is 0 Å². The van der Waals surface area contributed by atoms with Gasteiger partial charge in [-0.3, -0.25) is 0 Å². The fourth-order valence-electron chi connectivity index (χ4n) is 2.78. The summed E-state index contributed by atoms with van der Waals surface area (Å²) in [7, 11) is 0. The summed E-state index contributed by atoms with van der Waals surface area (Å²) in [5, 5.41) is 0.660. The van der Waals surface area contributed by atoms with E-state index in [9.17, 15) is 0 Å². The van der Waals surface area contributed by atoms with Gasteiger partial charge in [0.05, 0.1) is 13.2 Å². The Hall–Kier alpha value is -0.970. The number of rotatable bonds is 2. The van der Waals surface area contributed by atoms with Crippen LogP contribution in [-0.2, 0) is 4.74 Å². The van der Waals surface area contributed by atoms with Crippen molar-refractivity contribution in [2.24, 2.45) is 11.7 Å². The summed E-state index contributed by atoms with van der Waals surface area (Å²) < 4.78 is 16.7. The summed E-state index contributed by atoms with van der Waals surface area (Å²) in [6.45, 7) is 2.89. The molecule has 5 heteroatoms. The van der Waals surface area contributed by atoms with E-state index in [1.54, 1.807) is 0 Å². The molecule has 1 aromatic carbocycles. The van der Waals surface area contributed by atoms with Crippen LogP contribution in [0.1, 0.15) is 30.9 Å². The second-order valence-corrected chi connectivity index (χ2v) is 5.75. The second kappa shape index (κ2) is 6.20. The predicted octanol–water partition coefficient (Wildman–Crippen LogP) is 2.93. The van der Waals surface area contributed by atoms with Gasteiger partial charge in [0.25, 0.3) is 0 Å². The first-order valence-corrected chi connectivity index (χ1v) is 7.56. The Morgan fingerprint density at radius 2 is 1.70 bits per heavy atom. The lowest BCUT2D eigenvalue weighted by Gasteiger charge is -2.28. The second-order valence-electron chi connectivity index (χ2n) is 5.35. The Morgan fingerprint density at radius 1 is 1.05 bits per heavy atom. The van der Waals surface area contributed by atoms with Gasteiger partial charge in [0.1, 0.15) is 0 Å². The van der Waals surface area contributed by atoms with E-state index in [0.29, 0.717) is 24.2 Å². The molecule has 4 nitrogen and oxygen atoms in total. The molecule has 0 spiro atoms. The Morgan fingerprint density at radius 3 is 2.40 bits per heavy atom. The van der Waals surface area contributed by atoms with E-state index in [2.05, 4.69) is 0 Å². The molecular formula is C15H20ClNO3. The van der Waals surface area contributed by atoms with Gasteiger partial charge in [0, 0.05) is 36.8 Å². The number of halogens is 1. The van der Waals surface area contributed by atoms with Crippen LogP contribution in [0.3, 0.4) is 0 Å². The molecule has 1 fully saturated rings. The van der Waals surface area contributed by atoms with Gasteiger partial charge in [-0.05, 0) is 30.4 Å². The minimum absolute atomic E-state index is 0.0800. The van der Waals surface area contributed by atoms with Gasteiger partial charge in [-0.15, -0.1) is 0 Å². The van der Waals surface area contributed by atoms with Crippen LogP contribution in [0, 0.1) is 5.92 Å². The highest BCUT2D eigenvalue weighted by Crippen LogP contribution is 2.39. The standard InChI is InChI=1S/C15H20ClNO3/c16-12-9-14-13(19-4-1-5-20-14)8-11(12)15(17)10-2-6-18-7-3-10/h8-10,15H,1-7,17H2. The number of fused-ring (bicyclic) bond motifs is 1. The topological polar surface area (TPSA) is 53.7 Å². The van der Waals surface area contributed by atoms with Gasteiger partial charge >= 0.3 is 0 Å². The highest BCUT2D eigenvalue weighted by Gasteiger charge is 2.25. The van der Waals surface area contributed by atoms with E-state index in [0.717, 1.165) is 49.5 Å². The average Bonchev–Trinajstić information content (AvgIpc) is 2.71. The van der Waals surface area contributed by atoms with Crippen molar-refractivity contribution in [2.75, 3.05) is 26.4 Å². The van der Waals surface area contributed by atoms with Crippen LogP contribution in [0.15, 0.2) is 12.1 Å². The van der Waals surface area contributed by atoms with Crippen LogP contribution in [0.4, 0.5) is 0 Å². The molecule has 0 aromatic heterocycles. The van der Waals surface area contributed by atoms with Crippen molar-refractivity contribution < 1.29 is 14.2 Å². The highest BCUT2D eigenvalue weighted by molar-refractivity contribution is 6.31. The van der Waals surface area contributed by atoms with E-state index < -0.39 is 0 Å². The fraction of sp³-hybridized carbons (Fsp3) is 0.600. The SMILES string of the molecule is NC(c1cc2c(cc1Cl)OCCCO2)C1CCOCC1. The Bertz CT molecular complexity index is 474. The summed E-state index contributed by atoms with van der Waals surface area (Å²) in [6.07, 6.45) is 2.84. The zero-order valence-corrected chi connectivity index (χ0v) is 12.2. The van der Waals surface area contributed by atoms with Crippen LogP contribution in [0.25, 0.3) is 0 Å². The van der Waals surface area contributed by atoms with E-state index in [4.69, 9.17) is 31.5 Å². The number of ether oxygens (including phenoxy) is 3. The first-order valence-electron chi connectivity index (χ1n) is 7.18. The number of hydrogen-bond acceptors (Lipinski definition) is 4. The molecule has 0 saturated carbocycles. The van der Waals surface area contributed by atoms with Crippen LogP contribution in [0.2, 0.25) is 5.02 Å². The molecular weight excluding hydrogens is 278 g/mol. The van der Waals surface area contributed by atoms with E-state index >= 15 is 0 Å². The molecule has 0 aliphatic carbocycles. The third kappa shape index (κ3) is 2.87. The lowest BCUT2D eigenvalue weighted by Crippen LogP contribution is -2.27. The molecule has 1 atom stereocenters. The van der Waals surface area contributed by atoms with Crippen LogP contribution < -0.4 is 15.2 Å². The molecule has 1 unspecified atom stereocenters. The Labute approximate surface area is 124 Å². The summed E-state index contributed by atoms with van der Waals surface area (Å²) in [6, 6.07) is 3.70. The van der Waals surface area contributed by atoms with Crippen molar-refractivity contribution >= 4 is 11.6 Å². The first-order chi connectivity index (χ1) is 9.75. The molecule has 0 amide bonds. The molecule has 20 heavy (non-hydrogen) atoms. The van der Waals surface area contributed by atoms with Gasteiger partial charge in [-0.2, -0.15) is 0 Å². The van der Waals surface area contributed by atoms with Crippen molar-refractivity contribution in [3.8, 4) is 11.5 Å². The minimum atomic E-state index is -0.0800. The maximum Gasteiger partial charge on any atom is 0.162 e. The molecule has 2 aliphatic rings. The van der Waals surface area contributed by atoms with Crippen molar-refractivity contribution in [2.45, 2.75) is 25.3 Å². The van der Waals surface area contributed by atoms with Crippen LogP contribution in [0.5, 0.6) is 11.5 Å². The van der Waals surface area contributed by atoms with E-state index in [1.807, 2.05) is 12.1 Å². The number of benzene rings is 1. The number of nitrogens with two attached hydrogens (primary N) is 1. The summed E-state index contributed by atoms with van der Waals surface area (Å²) >= 11 is 6.38. The smallest absolute Gasteiger partial charge is 0.162 e. The highest BCUT2D eigenvalue weighted by atomic mass is 35.5.